The van der Waals surface area contributed by atoms with Gasteiger partial charge in [-0.25, -0.2) is 4.68 Å². The molecule has 0 fully saturated rings. The van der Waals surface area contributed by atoms with Gasteiger partial charge in [0.15, 0.2) is 0 Å². The first-order valence-electron chi connectivity index (χ1n) is 11.4. The molecule has 4 aromatic rings. The molecule has 0 bridgehead atoms. The lowest BCUT2D eigenvalue weighted by molar-refractivity contribution is 0.222. The number of methoxy groups -OCH3 is 2. The SMILES string of the molecule is COc1ccc(C2Oc3ccc(Cl)cc3C3=C2C(c2ccc(OC)cc2)n2nc(SC)nc2N3)cc1. The van der Waals surface area contributed by atoms with Crippen molar-refractivity contribution in [2.75, 3.05) is 25.8 Å². The van der Waals surface area contributed by atoms with E-state index in [2.05, 4.69) is 17.4 Å². The number of fused-ring (bicyclic) bond motifs is 3. The van der Waals surface area contributed by atoms with Crippen LogP contribution in [0, 0.1) is 0 Å². The normalized spacial score (nSPS) is 17.9. The van der Waals surface area contributed by atoms with E-state index in [4.69, 9.17) is 35.9 Å². The largest absolute Gasteiger partial charge is 0.497 e. The summed E-state index contributed by atoms with van der Waals surface area (Å²) in [4.78, 5) is 4.74. The summed E-state index contributed by atoms with van der Waals surface area (Å²) in [5, 5.41) is 9.69. The van der Waals surface area contributed by atoms with Gasteiger partial charge in [0.1, 0.15) is 29.4 Å². The molecule has 9 heteroatoms. The van der Waals surface area contributed by atoms with Crippen LogP contribution in [0.4, 0.5) is 5.95 Å². The van der Waals surface area contributed by atoms with Crippen molar-refractivity contribution in [1.29, 1.82) is 0 Å². The van der Waals surface area contributed by atoms with E-state index in [-0.39, 0.29) is 12.1 Å². The minimum absolute atomic E-state index is 0.269. The molecule has 0 amide bonds. The van der Waals surface area contributed by atoms with Crippen LogP contribution in [0.5, 0.6) is 17.2 Å². The minimum atomic E-state index is -0.380. The van der Waals surface area contributed by atoms with Gasteiger partial charge in [0.2, 0.25) is 11.1 Å². The predicted octanol–water partition coefficient (Wildman–Crippen LogP) is 6.23. The van der Waals surface area contributed by atoms with Crippen molar-refractivity contribution in [2.45, 2.75) is 17.3 Å². The van der Waals surface area contributed by atoms with Gasteiger partial charge in [0.05, 0.1) is 19.9 Å². The lowest BCUT2D eigenvalue weighted by atomic mass is 9.84. The summed E-state index contributed by atoms with van der Waals surface area (Å²) in [7, 11) is 3.32. The molecule has 0 radical (unpaired) electrons. The van der Waals surface area contributed by atoms with E-state index in [0.717, 1.165) is 45.2 Å². The molecule has 3 aromatic carbocycles. The quantitative estimate of drug-likeness (QED) is 0.314. The topological polar surface area (TPSA) is 70.4 Å². The summed E-state index contributed by atoms with van der Waals surface area (Å²) < 4.78 is 19.4. The van der Waals surface area contributed by atoms with E-state index in [9.17, 15) is 0 Å². The summed E-state index contributed by atoms with van der Waals surface area (Å²) in [5.74, 6) is 2.99. The van der Waals surface area contributed by atoms with Crippen LogP contribution in [-0.2, 0) is 0 Å². The van der Waals surface area contributed by atoms with Crippen LogP contribution in [0.2, 0.25) is 5.02 Å². The highest BCUT2D eigenvalue weighted by Crippen LogP contribution is 2.51. The molecule has 2 aliphatic heterocycles. The van der Waals surface area contributed by atoms with E-state index in [1.165, 1.54) is 11.8 Å². The van der Waals surface area contributed by atoms with Gasteiger partial charge < -0.3 is 19.5 Å². The Kier molecular flexibility index (Phi) is 5.78. The van der Waals surface area contributed by atoms with Gasteiger partial charge in [0.25, 0.3) is 0 Å². The number of hydrogen-bond donors (Lipinski definition) is 1. The van der Waals surface area contributed by atoms with Gasteiger partial charge in [-0.05, 0) is 59.8 Å². The third-order valence-corrected chi connectivity index (χ3v) is 7.22. The molecule has 0 saturated carbocycles. The standard InChI is InChI=1S/C27H23ClN4O3S/c1-33-18-9-4-15(5-10-18)24-22-23(29-26-30-27(36-3)31-32(24)26)20-14-17(28)8-13-21(20)35-25(22)16-6-11-19(34-2)12-7-16/h4-14,24-25H,1-3H3,(H,29,30,31). The highest BCUT2D eigenvalue weighted by molar-refractivity contribution is 7.98. The van der Waals surface area contributed by atoms with Crippen molar-refractivity contribution in [3.05, 3.63) is 94.0 Å². The van der Waals surface area contributed by atoms with E-state index in [1.807, 2.05) is 65.5 Å². The Morgan fingerprint density at radius 1 is 0.944 bits per heavy atom. The van der Waals surface area contributed by atoms with Crippen LogP contribution in [-0.4, -0.2) is 35.2 Å². The van der Waals surface area contributed by atoms with E-state index in [0.29, 0.717) is 16.1 Å². The number of rotatable bonds is 5. The van der Waals surface area contributed by atoms with Crippen LogP contribution in [0.25, 0.3) is 5.70 Å². The van der Waals surface area contributed by atoms with Crippen LogP contribution in [0.3, 0.4) is 0 Å². The fourth-order valence-electron chi connectivity index (χ4n) is 4.73. The molecular weight excluding hydrogens is 496 g/mol. The average molecular weight is 519 g/mol. The predicted molar refractivity (Wildman–Crippen MR) is 141 cm³/mol. The zero-order valence-electron chi connectivity index (χ0n) is 19.9. The Hall–Kier alpha value is -3.62. The summed E-state index contributed by atoms with van der Waals surface area (Å²) in [6.45, 7) is 0. The molecule has 0 saturated heterocycles. The molecule has 0 aliphatic carbocycles. The maximum atomic E-state index is 6.67. The molecular formula is C27H23ClN4O3S. The van der Waals surface area contributed by atoms with Gasteiger partial charge in [0, 0.05) is 16.2 Å². The lowest BCUT2D eigenvalue weighted by Gasteiger charge is -2.39. The summed E-state index contributed by atoms with van der Waals surface area (Å²) in [6, 6.07) is 21.4. The number of ether oxygens (including phenoxy) is 3. The highest BCUT2D eigenvalue weighted by Gasteiger charge is 2.41. The Bertz CT molecular complexity index is 1470. The Labute approximate surface area is 218 Å². The van der Waals surface area contributed by atoms with Gasteiger partial charge in [-0.2, -0.15) is 4.98 Å². The molecule has 1 N–H and O–H groups in total. The van der Waals surface area contributed by atoms with E-state index in [1.54, 1.807) is 14.2 Å². The van der Waals surface area contributed by atoms with Crippen LogP contribution in [0.1, 0.15) is 28.8 Å². The zero-order valence-corrected chi connectivity index (χ0v) is 21.4. The average Bonchev–Trinajstić information content (AvgIpc) is 3.35. The molecule has 6 rings (SSSR count). The number of halogens is 1. The van der Waals surface area contributed by atoms with E-state index >= 15 is 0 Å². The Morgan fingerprint density at radius 3 is 2.25 bits per heavy atom. The molecule has 2 atom stereocenters. The first-order chi connectivity index (χ1) is 17.6. The maximum Gasteiger partial charge on any atom is 0.227 e. The third-order valence-electron chi connectivity index (χ3n) is 6.45. The molecule has 182 valence electrons. The lowest BCUT2D eigenvalue weighted by Crippen LogP contribution is -2.32. The zero-order chi connectivity index (χ0) is 24.8. The second-order valence-corrected chi connectivity index (χ2v) is 9.62. The van der Waals surface area contributed by atoms with Crippen molar-refractivity contribution in [1.82, 2.24) is 14.8 Å². The Morgan fingerprint density at radius 2 is 1.61 bits per heavy atom. The van der Waals surface area contributed by atoms with Crippen molar-refractivity contribution in [3.63, 3.8) is 0 Å². The second kappa shape index (κ2) is 9.11. The molecule has 36 heavy (non-hydrogen) atoms. The van der Waals surface area contributed by atoms with Gasteiger partial charge in [-0.15, -0.1) is 5.10 Å². The molecule has 1 aromatic heterocycles. The number of benzene rings is 3. The number of nitrogens with one attached hydrogen (secondary N) is 1. The Balaban J connectivity index is 1.60. The van der Waals surface area contributed by atoms with Crippen LogP contribution in [0.15, 0.2) is 77.5 Å². The fraction of sp³-hybridized carbons (Fsp3) is 0.185. The number of aromatic nitrogens is 3. The van der Waals surface area contributed by atoms with Crippen LogP contribution >= 0.6 is 23.4 Å². The monoisotopic (exact) mass is 518 g/mol. The minimum Gasteiger partial charge on any atom is -0.497 e. The number of anilines is 1. The number of nitrogens with zero attached hydrogens (tertiary/aromatic N) is 3. The summed E-state index contributed by atoms with van der Waals surface area (Å²) in [6.07, 6.45) is 1.59. The van der Waals surface area contributed by atoms with E-state index < -0.39 is 0 Å². The second-order valence-electron chi connectivity index (χ2n) is 8.41. The maximum absolute atomic E-state index is 6.67. The molecule has 3 heterocycles. The third kappa shape index (κ3) is 3.77. The van der Waals surface area contributed by atoms with Crippen LogP contribution < -0.4 is 19.5 Å². The number of thioether (sulfide) groups is 1. The van der Waals surface area contributed by atoms with Crippen molar-refractivity contribution < 1.29 is 14.2 Å². The smallest absolute Gasteiger partial charge is 0.227 e. The molecule has 2 unspecified atom stereocenters. The highest BCUT2D eigenvalue weighted by atomic mass is 35.5. The molecule has 7 nitrogen and oxygen atoms in total. The molecule has 0 spiro atoms. The van der Waals surface area contributed by atoms with Crippen molar-refractivity contribution in [3.8, 4) is 17.2 Å². The van der Waals surface area contributed by atoms with Crippen molar-refractivity contribution >= 4 is 35.0 Å². The van der Waals surface area contributed by atoms with Gasteiger partial charge >= 0.3 is 0 Å². The fourth-order valence-corrected chi connectivity index (χ4v) is 5.25. The van der Waals surface area contributed by atoms with Gasteiger partial charge in [-0.1, -0.05) is 47.6 Å². The summed E-state index contributed by atoms with van der Waals surface area (Å²) >= 11 is 7.94. The van der Waals surface area contributed by atoms with Gasteiger partial charge in [-0.3, -0.25) is 0 Å². The first-order valence-corrected chi connectivity index (χ1v) is 13.0. The molecule has 2 aliphatic rings. The van der Waals surface area contributed by atoms with Crippen molar-refractivity contribution in [2.24, 2.45) is 0 Å². The number of hydrogen-bond acceptors (Lipinski definition) is 7. The first kappa shape index (κ1) is 22.8. The summed E-state index contributed by atoms with van der Waals surface area (Å²) in [5.41, 5.74) is 4.87.